The summed E-state index contributed by atoms with van der Waals surface area (Å²) in [4.78, 5) is 0. The average molecular weight is 275 g/mol. The van der Waals surface area contributed by atoms with Gasteiger partial charge in [-0.2, -0.15) is 0 Å². The fourth-order valence-electron chi connectivity index (χ4n) is 2.18. The van der Waals surface area contributed by atoms with Crippen LogP contribution in [0.1, 0.15) is 25.0 Å². The highest BCUT2D eigenvalue weighted by Gasteiger charge is 2.09. The summed E-state index contributed by atoms with van der Waals surface area (Å²) in [6, 6.07) is 9.77. The molecular formula is C17H19F2N. The summed E-state index contributed by atoms with van der Waals surface area (Å²) in [6.07, 6.45) is 0. The molecule has 0 unspecified atom stereocenters. The molecule has 0 atom stereocenters. The van der Waals surface area contributed by atoms with Crippen LogP contribution in [0.25, 0.3) is 11.1 Å². The second-order valence-corrected chi connectivity index (χ2v) is 5.35. The van der Waals surface area contributed by atoms with E-state index in [0.717, 1.165) is 16.7 Å². The van der Waals surface area contributed by atoms with E-state index in [0.29, 0.717) is 18.2 Å². The van der Waals surface area contributed by atoms with Crippen molar-refractivity contribution in [1.82, 2.24) is 5.32 Å². The number of hydrogen-bond donors (Lipinski definition) is 1. The SMILES string of the molecule is Cc1cc(F)cc(-c2cc(F)ccc2CNC(C)C)c1. The van der Waals surface area contributed by atoms with Crippen molar-refractivity contribution in [2.75, 3.05) is 0 Å². The van der Waals surface area contributed by atoms with Gasteiger partial charge in [-0.3, -0.25) is 0 Å². The molecule has 0 saturated heterocycles. The van der Waals surface area contributed by atoms with Crippen LogP contribution in [0.3, 0.4) is 0 Å². The first kappa shape index (κ1) is 14.7. The first-order valence-corrected chi connectivity index (χ1v) is 6.75. The summed E-state index contributed by atoms with van der Waals surface area (Å²) < 4.78 is 27.1. The molecule has 2 aromatic rings. The van der Waals surface area contributed by atoms with Crippen molar-refractivity contribution in [2.24, 2.45) is 0 Å². The quantitative estimate of drug-likeness (QED) is 0.870. The van der Waals surface area contributed by atoms with E-state index in [1.54, 1.807) is 6.07 Å². The zero-order chi connectivity index (χ0) is 14.7. The lowest BCUT2D eigenvalue weighted by Gasteiger charge is -2.14. The lowest BCUT2D eigenvalue weighted by atomic mass is 9.97. The maximum absolute atomic E-state index is 13.6. The normalized spacial score (nSPS) is 11.1. The Balaban J connectivity index is 2.45. The maximum atomic E-state index is 13.6. The monoisotopic (exact) mass is 275 g/mol. The molecule has 1 N–H and O–H groups in total. The Kier molecular flexibility index (Phi) is 4.50. The van der Waals surface area contributed by atoms with E-state index >= 15 is 0 Å². The summed E-state index contributed by atoms with van der Waals surface area (Å²) in [7, 11) is 0. The number of benzene rings is 2. The molecule has 0 spiro atoms. The Morgan fingerprint density at radius 1 is 1.00 bits per heavy atom. The van der Waals surface area contributed by atoms with E-state index in [1.807, 2.05) is 13.0 Å². The number of nitrogens with one attached hydrogen (secondary N) is 1. The van der Waals surface area contributed by atoms with Gasteiger partial charge in [-0.1, -0.05) is 26.0 Å². The third kappa shape index (κ3) is 3.64. The van der Waals surface area contributed by atoms with E-state index in [4.69, 9.17) is 0 Å². The third-order valence-electron chi connectivity index (χ3n) is 3.13. The number of hydrogen-bond acceptors (Lipinski definition) is 1. The molecule has 0 heterocycles. The Morgan fingerprint density at radius 3 is 2.40 bits per heavy atom. The highest BCUT2D eigenvalue weighted by molar-refractivity contribution is 5.68. The predicted molar refractivity (Wildman–Crippen MR) is 78.5 cm³/mol. The van der Waals surface area contributed by atoms with Gasteiger partial charge in [-0.25, -0.2) is 8.78 Å². The minimum atomic E-state index is -0.310. The van der Waals surface area contributed by atoms with Crippen LogP contribution in [0.4, 0.5) is 8.78 Å². The number of halogens is 2. The Labute approximate surface area is 118 Å². The predicted octanol–water partition coefficient (Wildman–Crippen LogP) is 4.44. The van der Waals surface area contributed by atoms with Crippen LogP contribution >= 0.6 is 0 Å². The second-order valence-electron chi connectivity index (χ2n) is 5.35. The van der Waals surface area contributed by atoms with Crippen molar-refractivity contribution in [3.8, 4) is 11.1 Å². The summed E-state index contributed by atoms with van der Waals surface area (Å²) in [6.45, 7) is 6.56. The maximum Gasteiger partial charge on any atom is 0.124 e. The highest BCUT2D eigenvalue weighted by atomic mass is 19.1. The van der Waals surface area contributed by atoms with Crippen LogP contribution in [0, 0.1) is 18.6 Å². The van der Waals surface area contributed by atoms with Gasteiger partial charge in [0.1, 0.15) is 11.6 Å². The zero-order valence-electron chi connectivity index (χ0n) is 12.0. The molecule has 0 aliphatic rings. The van der Waals surface area contributed by atoms with Crippen LogP contribution in [0.15, 0.2) is 36.4 Å². The first-order valence-electron chi connectivity index (χ1n) is 6.75. The lowest BCUT2D eigenvalue weighted by Crippen LogP contribution is -2.22. The topological polar surface area (TPSA) is 12.0 Å². The highest BCUT2D eigenvalue weighted by Crippen LogP contribution is 2.26. The van der Waals surface area contributed by atoms with Gasteiger partial charge in [0.05, 0.1) is 0 Å². The molecule has 1 nitrogen and oxygen atoms in total. The molecule has 20 heavy (non-hydrogen) atoms. The molecule has 0 amide bonds. The lowest BCUT2D eigenvalue weighted by molar-refractivity contribution is 0.587. The van der Waals surface area contributed by atoms with Crippen molar-refractivity contribution in [3.05, 3.63) is 59.2 Å². The molecule has 0 fully saturated rings. The zero-order valence-corrected chi connectivity index (χ0v) is 12.0. The van der Waals surface area contributed by atoms with E-state index in [9.17, 15) is 8.78 Å². The molecule has 3 heteroatoms. The van der Waals surface area contributed by atoms with Gasteiger partial charge in [-0.15, -0.1) is 0 Å². The molecule has 2 rings (SSSR count). The standard InChI is InChI=1S/C17H19F2N/c1-11(2)20-10-13-4-5-15(18)9-17(13)14-6-12(3)7-16(19)8-14/h4-9,11,20H,10H2,1-3H3. The molecule has 0 saturated carbocycles. The second kappa shape index (κ2) is 6.14. The van der Waals surface area contributed by atoms with E-state index in [2.05, 4.69) is 19.2 Å². The third-order valence-corrected chi connectivity index (χ3v) is 3.13. The molecule has 0 aliphatic carbocycles. The molecule has 0 aromatic heterocycles. The fourth-order valence-corrected chi connectivity index (χ4v) is 2.18. The largest absolute Gasteiger partial charge is 0.310 e. The summed E-state index contributed by atoms with van der Waals surface area (Å²) in [5, 5.41) is 3.30. The minimum absolute atomic E-state index is 0.299. The summed E-state index contributed by atoms with van der Waals surface area (Å²) >= 11 is 0. The van der Waals surface area contributed by atoms with Crippen LogP contribution in [-0.4, -0.2) is 6.04 Å². The molecular weight excluding hydrogens is 256 g/mol. The van der Waals surface area contributed by atoms with Gasteiger partial charge in [-0.05, 0) is 53.4 Å². The van der Waals surface area contributed by atoms with Crippen LogP contribution < -0.4 is 5.32 Å². The van der Waals surface area contributed by atoms with Gasteiger partial charge in [0.25, 0.3) is 0 Å². The van der Waals surface area contributed by atoms with Crippen molar-refractivity contribution in [1.29, 1.82) is 0 Å². The van der Waals surface area contributed by atoms with Gasteiger partial charge in [0, 0.05) is 12.6 Å². The fraction of sp³-hybridized carbons (Fsp3) is 0.294. The summed E-state index contributed by atoms with van der Waals surface area (Å²) in [5.74, 6) is -0.609. The molecule has 106 valence electrons. The Hall–Kier alpha value is -1.74. The number of aryl methyl sites for hydroxylation is 1. The molecule has 0 radical (unpaired) electrons. The van der Waals surface area contributed by atoms with Crippen molar-refractivity contribution >= 4 is 0 Å². The summed E-state index contributed by atoms with van der Waals surface area (Å²) in [5.41, 5.74) is 3.24. The van der Waals surface area contributed by atoms with Gasteiger partial charge >= 0.3 is 0 Å². The van der Waals surface area contributed by atoms with E-state index < -0.39 is 0 Å². The average Bonchev–Trinajstić information content (AvgIpc) is 2.36. The van der Waals surface area contributed by atoms with Gasteiger partial charge in [0.2, 0.25) is 0 Å². The van der Waals surface area contributed by atoms with E-state index in [-0.39, 0.29) is 11.6 Å². The molecule has 0 aliphatic heterocycles. The van der Waals surface area contributed by atoms with E-state index in [1.165, 1.54) is 24.3 Å². The smallest absolute Gasteiger partial charge is 0.124 e. The number of rotatable bonds is 4. The van der Waals surface area contributed by atoms with Crippen LogP contribution in [-0.2, 0) is 6.54 Å². The van der Waals surface area contributed by atoms with Crippen molar-refractivity contribution < 1.29 is 8.78 Å². The first-order chi connectivity index (χ1) is 9.45. The van der Waals surface area contributed by atoms with Crippen molar-refractivity contribution in [2.45, 2.75) is 33.4 Å². The van der Waals surface area contributed by atoms with Crippen molar-refractivity contribution in [3.63, 3.8) is 0 Å². The molecule has 0 bridgehead atoms. The Bertz CT molecular complexity index is 586. The van der Waals surface area contributed by atoms with Crippen LogP contribution in [0.5, 0.6) is 0 Å². The van der Waals surface area contributed by atoms with Gasteiger partial charge < -0.3 is 5.32 Å². The Morgan fingerprint density at radius 2 is 1.75 bits per heavy atom. The minimum Gasteiger partial charge on any atom is -0.310 e. The van der Waals surface area contributed by atoms with Gasteiger partial charge in [0.15, 0.2) is 0 Å². The molecule has 2 aromatic carbocycles. The van der Waals surface area contributed by atoms with Crippen LogP contribution in [0.2, 0.25) is 0 Å².